The van der Waals surface area contributed by atoms with Gasteiger partial charge in [0.05, 0.1) is 16.9 Å². The molecule has 0 aromatic carbocycles. The second-order valence-electron chi connectivity index (χ2n) is 6.74. The van der Waals surface area contributed by atoms with Crippen molar-refractivity contribution in [2.24, 2.45) is 5.73 Å². The van der Waals surface area contributed by atoms with E-state index >= 15 is 0 Å². The minimum Gasteiger partial charge on any atom is -0.358 e. The molecule has 1 aromatic heterocycles. The average Bonchev–Trinajstić information content (AvgIpc) is 2.80. The van der Waals surface area contributed by atoms with Gasteiger partial charge in [0, 0.05) is 19.1 Å². The summed E-state index contributed by atoms with van der Waals surface area (Å²) in [5.74, 6) is 1.05. The Morgan fingerprint density at radius 1 is 1.21 bits per heavy atom. The molecule has 5 heteroatoms. The number of nitrogens with two attached hydrogens (primary N) is 1. The van der Waals surface area contributed by atoms with E-state index < -0.39 is 0 Å². The Kier molecular flexibility index (Phi) is 2.70. The third kappa shape index (κ3) is 1.96. The highest BCUT2D eigenvalue weighted by Crippen LogP contribution is 2.49. The SMILES string of the molecule is CC1(C)OC(C)(C)c2c(N3CCC(N)CC3)n[nH]c21. The van der Waals surface area contributed by atoms with Crippen molar-refractivity contribution in [1.82, 2.24) is 10.2 Å². The number of nitrogens with zero attached hydrogens (tertiary/aromatic N) is 2. The fraction of sp³-hybridized carbons (Fsp3) is 0.786. The van der Waals surface area contributed by atoms with Crippen LogP contribution in [0.3, 0.4) is 0 Å². The van der Waals surface area contributed by atoms with Crippen molar-refractivity contribution in [1.29, 1.82) is 0 Å². The molecule has 0 unspecified atom stereocenters. The van der Waals surface area contributed by atoms with Crippen LogP contribution >= 0.6 is 0 Å². The summed E-state index contributed by atoms with van der Waals surface area (Å²) >= 11 is 0. The average molecular weight is 264 g/mol. The summed E-state index contributed by atoms with van der Waals surface area (Å²) < 4.78 is 6.18. The van der Waals surface area contributed by atoms with Crippen molar-refractivity contribution in [2.75, 3.05) is 18.0 Å². The highest BCUT2D eigenvalue weighted by molar-refractivity contribution is 5.55. The predicted octanol–water partition coefficient (Wildman–Crippen LogP) is 1.84. The van der Waals surface area contributed by atoms with Gasteiger partial charge in [0.2, 0.25) is 0 Å². The maximum atomic E-state index is 6.18. The lowest BCUT2D eigenvalue weighted by atomic mass is 9.95. The molecular formula is C14H24N4O. The number of fused-ring (bicyclic) bond motifs is 1. The molecule has 3 rings (SSSR count). The summed E-state index contributed by atoms with van der Waals surface area (Å²) in [6.45, 7) is 10.4. The monoisotopic (exact) mass is 264 g/mol. The highest BCUT2D eigenvalue weighted by Gasteiger charge is 2.47. The van der Waals surface area contributed by atoms with Gasteiger partial charge in [-0.25, -0.2) is 0 Å². The van der Waals surface area contributed by atoms with E-state index in [0.29, 0.717) is 6.04 Å². The molecule has 3 N–H and O–H groups in total. The Hall–Kier alpha value is -1.07. The zero-order valence-electron chi connectivity index (χ0n) is 12.3. The third-order valence-corrected chi connectivity index (χ3v) is 4.30. The molecule has 2 aliphatic rings. The fourth-order valence-corrected chi connectivity index (χ4v) is 3.42. The van der Waals surface area contributed by atoms with Crippen molar-refractivity contribution in [2.45, 2.75) is 57.8 Å². The highest BCUT2D eigenvalue weighted by atomic mass is 16.5. The van der Waals surface area contributed by atoms with E-state index in [1.807, 2.05) is 0 Å². The number of aromatic amines is 1. The van der Waals surface area contributed by atoms with E-state index in [1.54, 1.807) is 0 Å². The molecule has 0 saturated carbocycles. The van der Waals surface area contributed by atoms with Crippen LogP contribution in [0.15, 0.2) is 0 Å². The molecule has 0 spiro atoms. The molecule has 1 saturated heterocycles. The van der Waals surface area contributed by atoms with E-state index in [9.17, 15) is 0 Å². The lowest BCUT2D eigenvalue weighted by molar-refractivity contribution is -0.107. The summed E-state index contributed by atoms with van der Waals surface area (Å²) in [5.41, 5.74) is 7.72. The van der Waals surface area contributed by atoms with Gasteiger partial charge in [-0.15, -0.1) is 0 Å². The Labute approximate surface area is 114 Å². The van der Waals surface area contributed by atoms with E-state index in [4.69, 9.17) is 10.5 Å². The van der Waals surface area contributed by atoms with Crippen LogP contribution in [-0.2, 0) is 15.9 Å². The van der Waals surface area contributed by atoms with Crippen LogP contribution in [0.5, 0.6) is 0 Å². The zero-order chi connectivity index (χ0) is 13.8. The number of piperidine rings is 1. The molecule has 5 nitrogen and oxygen atoms in total. The molecule has 106 valence electrons. The summed E-state index contributed by atoms with van der Waals surface area (Å²) in [7, 11) is 0. The molecule has 0 radical (unpaired) electrons. The van der Waals surface area contributed by atoms with Gasteiger partial charge in [0.1, 0.15) is 5.60 Å². The van der Waals surface area contributed by atoms with Crippen LogP contribution < -0.4 is 10.6 Å². The number of anilines is 1. The molecular weight excluding hydrogens is 240 g/mol. The quantitative estimate of drug-likeness (QED) is 0.812. The molecule has 0 amide bonds. The minimum atomic E-state index is -0.295. The third-order valence-electron chi connectivity index (χ3n) is 4.30. The van der Waals surface area contributed by atoms with Gasteiger partial charge in [-0.1, -0.05) is 0 Å². The maximum absolute atomic E-state index is 6.18. The number of hydrogen-bond donors (Lipinski definition) is 2. The van der Waals surface area contributed by atoms with Crippen molar-refractivity contribution < 1.29 is 4.74 Å². The molecule has 1 fully saturated rings. The first-order valence-corrected chi connectivity index (χ1v) is 7.11. The first-order valence-electron chi connectivity index (χ1n) is 7.11. The Bertz CT molecular complexity index is 484. The van der Waals surface area contributed by atoms with E-state index in [0.717, 1.165) is 37.4 Å². The van der Waals surface area contributed by atoms with Crippen molar-refractivity contribution in [3.05, 3.63) is 11.3 Å². The Morgan fingerprint density at radius 3 is 2.47 bits per heavy atom. The Morgan fingerprint density at radius 2 is 1.84 bits per heavy atom. The topological polar surface area (TPSA) is 67.2 Å². The number of ether oxygens (including phenoxy) is 1. The lowest BCUT2D eigenvalue weighted by Gasteiger charge is -2.32. The second-order valence-corrected chi connectivity index (χ2v) is 6.74. The van der Waals surface area contributed by atoms with E-state index in [-0.39, 0.29) is 11.2 Å². The minimum absolute atomic E-state index is 0.291. The first kappa shape index (κ1) is 12.9. The van der Waals surface area contributed by atoms with Crippen LogP contribution in [0.25, 0.3) is 0 Å². The largest absolute Gasteiger partial charge is 0.358 e. The molecule has 3 heterocycles. The van der Waals surface area contributed by atoms with Crippen LogP contribution in [0.4, 0.5) is 5.82 Å². The summed E-state index contributed by atoms with van der Waals surface area (Å²) in [6.07, 6.45) is 2.07. The van der Waals surface area contributed by atoms with Gasteiger partial charge in [0.25, 0.3) is 0 Å². The molecule has 0 aliphatic carbocycles. The van der Waals surface area contributed by atoms with E-state index in [2.05, 4.69) is 42.8 Å². The number of H-pyrrole nitrogens is 1. The first-order chi connectivity index (χ1) is 8.81. The predicted molar refractivity (Wildman–Crippen MR) is 75.1 cm³/mol. The van der Waals surface area contributed by atoms with Gasteiger partial charge < -0.3 is 15.4 Å². The summed E-state index contributed by atoms with van der Waals surface area (Å²) in [4.78, 5) is 2.34. The van der Waals surface area contributed by atoms with Gasteiger partial charge in [-0.2, -0.15) is 5.10 Å². The number of hydrogen-bond acceptors (Lipinski definition) is 4. The molecule has 19 heavy (non-hydrogen) atoms. The fourth-order valence-electron chi connectivity index (χ4n) is 3.42. The van der Waals surface area contributed by atoms with E-state index in [1.165, 1.54) is 5.56 Å². The zero-order valence-corrected chi connectivity index (χ0v) is 12.3. The van der Waals surface area contributed by atoms with Gasteiger partial charge in [-0.3, -0.25) is 5.10 Å². The standard InChI is InChI=1S/C14H24N4O/c1-13(2)10-11(14(3,4)19-13)16-17-12(10)18-7-5-9(15)6-8-18/h9H,5-8,15H2,1-4H3,(H,16,17). The Balaban J connectivity index is 1.98. The maximum Gasteiger partial charge on any atom is 0.156 e. The lowest BCUT2D eigenvalue weighted by Crippen LogP contribution is -2.40. The molecule has 0 bridgehead atoms. The number of nitrogens with one attached hydrogen (secondary N) is 1. The van der Waals surface area contributed by atoms with Crippen molar-refractivity contribution in [3.8, 4) is 0 Å². The summed E-state index contributed by atoms with van der Waals surface area (Å²) in [6, 6.07) is 0.337. The molecule has 1 aromatic rings. The molecule has 2 aliphatic heterocycles. The van der Waals surface area contributed by atoms with Crippen molar-refractivity contribution in [3.63, 3.8) is 0 Å². The van der Waals surface area contributed by atoms with Crippen LogP contribution in [0.2, 0.25) is 0 Å². The normalized spacial score (nSPS) is 25.6. The smallest absolute Gasteiger partial charge is 0.156 e. The second kappa shape index (κ2) is 3.96. The van der Waals surface area contributed by atoms with Crippen LogP contribution in [0, 0.1) is 0 Å². The van der Waals surface area contributed by atoms with Crippen LogP contribution in [0.1, 0.15) is 51.8 Å². The number of rotatable bonds is 1. The number of aromatic nitrogens is 2. The van der Waals surface area contributed by atoms with Gasteiger partial charge >= 0.3 is 0 Å². The summed E-state index contributed by atoms with van der Waals surface area (Å²) in [5, 5.41) is 7.75. The molecule has 0 atom stereocenters. The van der Waals surface area contributed by atoms with Crippen molar-refractivity contribution >= 4 is 5.82 Å². The van der Waals surface area contributed by atoms with Crippen LogP contribution in [-0.4, -0.2) is 29.3 Å². The van der Waals surface area contributed by atoms with Gasteiger partial charge in [0.15, 0.2) is 5.82 Å². The van der Waals surface area contributed by atoms with Gasteiger partial charge in [-0.05, 0) is 40.5 Å².